The summed E-state index contributed by atoms with van der Waals surface area (Å²) in [5.41, 5.74) is -0.141. The number of halogens is 3. The predicted molar refractivity (Wildman–Crippen MR) is 105 cm³/mol. The Labute approximate surface area is 179 Å². The van der Waals surface area contributed by atoms with Crippen molar-refractivity contribution in [2.75, 3.05) is 23.9 Å². The van der Waals surface area contributed by atoms with Crippen LogP contribution in [0.5, 0.6) is 5.75 Å². The summed E-state index contributed by atoms with van der Waals surface area (Å²) in [6.45, 7) is -0.503. The van der Waals surface area contributed by atoms with Crippen molar-refractivity contribution in [1.82, 2.24) is 5.01 Å². The number of imide groups is 1. The lowest BCUT2D eigenvalue weighted by Gasteiger charge is -2.20. The molecule has 1 N–H and O–H groups in total. The lowest BCUT2D eigenvalue weighted by atomic mass is 10.1. The fourth-order valence-electron chi connectivity index (χ4n) is 3.33. The second-order valence-corrected chi connectivity index (χ2v) is 7.10. The van der Waals surface area contributed by atoms with Crippen LogP contribution in [0.2, 0.25) is 5.02 Å². The number of benzene rings is 2. The molecule has 12 heteroatoms. The van der Waals surface area contributed by atoms with Gasteiger partial charge in [-0.3, -0.25) is 19.4 Å². The minimum absolute atomic E-state index is 0.202. The van der Waals surface area contributed by atoms with E-state index in [-0.39, 0.29) is 16.4 Å². The second-order valence-electron chi connectivity index (χ2n) is 6.70. The summed E-state index contributed by atoms with van der Waals surface area (Å²) in [5, 5.41) is 11.0. The van der Waals surface area contributed by atoms with Crippen LogP contribution in [-0.4, -0.2) is 48.5 Å². The Morgan fingerprint density at radius 2 is 1.97 bits per heavy atom. The lowest BCUT2D eigenvalue weighted by molar-refractivity contribution is -0.123. The van der Waals surface area contributed by atoms with E-state index in [1.54, 1.807) is 0 Å². The van der Waals surface area contributed by atoms with Gasteiger partial charge in [-0.1, -0.05) is 16.8 Å². The Morgan fingerprint density at radius 3 is 2.68 bits per heavy atom. The number of carbonyl (C=O) groups is 3. The van der Waals surface area contributed by atoms with Crippen LogP contribution in [0.4, 0.5) is 20.2 Å². The average molecular weight is 450 g/mol. The number of amides is 3. The number of methoxy groups -OCH3 is 1. The highest BCUT2D eigenvalue weighted by atomic mass is 35.5. The molecule has 2 atom stereocenters. The van der Waals surface area contributed by atoms with Crippen molar-refractivity contribution in [1.29, 1.82) is 0 Å². The van der Waals surface area contributed by atoms with Crippen LogP contribution >= 0.6 is 11.6 Å². The van der Waals surface area contributed by atoms with Gasteiger partial charge in [0.05, 0.1) is 23.5 Å². The van der Waals surface area contributed by atoms with Crippen molar-refractivity contribution in [3.8, 4) is 5.75 Å². The molecule has 0 bridgehead atoms. The molecule has 9 nitrogen and oxygen atoms in total. The monoisotopic (exact) mass is 449 g/mol. The highest BCUT2D eigenvalue weighted by molar-refractivity contribution is 6.33. The summed E-state index contributed by atoms with van der Waals surface area (Å²) in [5.74, 6) is -3.24. The first-order valence-electron chi connectivity index (χ1n) is 8.94. The molecule has 2 heterocycles. The largest absolute Gasteiger partial charge is 0.495 e. The summed E-state index contributed by atoms with van der Waals surface area (Å²) in [7, 11) is 1.43. The molecule has 2 aromatic rings. The molecule has 3 amide bonds. The molecule has 0 radical (unpaired) electrons. The van der Waals surface area contributed by atoms with E-state index in [4.69, 9.17) is 16.3 Å². The Kier molecular flexibility index (Phi) is 5.27. The van der Waals surface area contributed by atoms with Crippen molar-refractivity contribution in [3.63, 3.8) is 0 Å². The first-order chi connectivity index (χ1) is 14.8. The van der Waals surface area contributed by atoms with Gasteiger partial charge in [0.2, 0.25) is 5.91 Å². The molecular formula is C19H14ClF2N5O4. The van der Waals surface area contributed by atoms with E-state index in [9.17, 15) is 23.2 Å². The maximum atomic E-state index is 13.7. The molecule has 0 saturated carbocycles. The van der Waals surface area contributed by atoms with Crippen molar-refractivity contribution in [2.24, 2.45) is 10.3 Å². The third-order valence-electron chi connectivity index (χ3n) is 4.76. The van der Waals surface area contributed by atoms with Crippen LogP contribution in [0.3, 0.4) is 0 Å². The van der Waals surface area contributed by atoms with Gasteiger partial charge in [-0.25, -0.2) is 13.7 Å². The van der Waals surface area contributed by atoms with Gasteiger partial charge < -0.3 is 10.1 Å². The van der Waals surface area contributed by atoms with E-state index in [0.29, 0.717) is 5.75 Å². The molecule has 4 rings (SSSR count). The minimum atomic E-state index is -1.14. The van der Waals surface area contributed by atoms with Crippen LogP contribution in [-0.2, 0) is 14.4 Å². The second kappa shape index (κ2) is 7.91. The van der Waals surface area contributed by atoms with Crippen molar-refractivity contribution >= 4 is 40.7 Å². The summed E-state index contributed by atoms with van der Waals surface area (Å²) in [6.07, 6.45) is 0. The Balaban J connectivity index is 1.51. The van der Waals surface area contributed by atoms with Gasteiger partial charge in [0, 0.05) is 6.07 Å². The lowest BCUT2D eigenvalue weighted by Crippen LogP contribution is -2.43. The zero-order valence-electron chi connectivity index (χ0n) is 15.9. The quantitative estimate of drug-likeness (QED) is 0.706. The third kappa shape index (κ3) is 3.67. The molecule has 2 aromatic carbocycles. The smallest absolute Gasteiger partial charge is 0.263 e. The van der Waals surface area contributed by atoms with E-state index < -0.39 is 48.0 Å². The molecule has 31 heavy (non-hydrogen) atoms. The summed E-state index contributed by atoms with van der Waals surface area (Å²) in [4.78, 5) is 38.9. The maximum Gasteiger partial charge on any atom is 0.263 e. The number of anilines is 2. The number of hydrogen-bond acceptors (Lipinski definition) is 7. The van der Waals surface area contributed by atoms with Crippen LogP contribution in [0.25, 0.3) is 0 Å². The fourth-order valence-corrected chi connectivity index (χ4v) is 3.58. The fraction of sp³-hybridized carbons (Fsp3) is 0.211. The summed E-state index contributed by atoms with van der Waals surface area (Å²) < 4.78 is 32.1. The highest BCUT2D eigenvalue weighted by Gasteiger charge is 2.55. The highest BCUT2D eigenvalue weighted by Crippen LogP contribution is 2.35. The molecular weight excluding hydrogens is 436 g/mol. The minimum Gasteiger partial charge on any atom is -0.495 e. The van der Waals surface area contributed by atoms with Gasteiger partial charge in [-0.05, 0) is 30.3 Å². The zero-order valence-corrected chi connectivity index (χ0v) is 16.6. The normalized spacial score (nSPS) is 19.7. The third-order valence-corrected chi connectivity index (χ3v) is 5.05. The number of nitrogens with one attached hydrogen (secondary N) is 1. The first-order valence-corrected chi connectivity index (χ1v) is 9.31. The van der Waals surface area contributed by atoms with Gasteiger partial charge in [0.25, 0.3) is 11.8 Å². The topological polar surface area (TPSA) is 104 Å². The maximum absolute atomic E-state index is 13.7. The predicted octanol–water partition coefficient (Wildman–Crippen LogP) is 2.56. The van der Waals surface area contributed by atoms with Crippen LogP contribution < -0.4 is 15.0 Å². The zero-order chi connectivity index (χ0) is 22.3. The number of fused-ring (bicyclic) bond motifs is 1. The van der Waals surface area contributed by atoms with Crippen molar-refractivity contribution in [2.45, 2.75) is 12.1 Å². The Hall–Kier alpha value is -3.60. The van der Waals surface area contributed by atoms with Crippen molar-refractivity contribution < 1.29 is 27.9 Å². The molecule has 0 aliphatic carbocycles. The number of nitrogens with zero attached hydrogens (tertiary/aromatic N) is 4. The van der Waals surface area contributed by atoms with Crippen LogP contribution in [0, 0.1) is 11.6 Å². The molecule has 1 fully saturated rings. The van der Waals surface area contributed by atoms with E-state index in [1.807, 2.05) is 0 Å². The molecule has 2 aliphatic rings. The van der Waals surface area contributed by atoms with Crippen LogP contribution in [0.15, 0.2) is 46.7 Å². The Morgan fingerprint density at radius 1 is 1.19 bits per heavy atom. The molecule has 160 valence electrons. The van der Waals surface area contributed by atoms with Gasteiger partial charge in [0.1, 0.15) is 23.9 Å². The van der Waals surface area contributed by atoms with Gasteiger partial charge in [-0.2, -0.15) is 5.11 Å². The number of hydrogen-bond donors (Lipinski definition) is 1. The number of rotatable bonds is 5. The van der Waals surface area contributed by atoms with Gasteiger partial charge in [0.15, 0.2) is 12.1 Å². The SMILES string of the molecule is COc1ccc(N2C(=O)[C@@H]3N=NN(CC(=O)Nc4cc(F)ccc4F)[C@H]3C2=O)cc1Cl. The molecule has 0 spiro atoms. The van der Waals surface area contributed by atoms with Crippen LogP contribution in [0.1, 0.15) is 0 Å². The molecule has 0 unspecified atom stereocenters. The first kappa shape index (κ1) is 20.7. The van der Waals surface area contributed by atoms with Gasteiger partial charge >= 0.3 is 0 Å². The Bertz CT molecular complexity index is 1130. The number of ether oxygens (including phenoxy) is 1. The van der Waals surface area contributed by atoms with E-state index in [1.165, 1.54) is 25.3 Å². The average Bonchev–Trinajstić information content (AvgIpc) is 3.24. The standard InChI is InChI=1S/C19H14ClF2N5O4/c1-31-14-5-3-10(7-11(14)20)27-18(29)16-17(19(27)30)26(25-24-16)8-15(28)23-13-6-9(21)2-4-12(13)22/h2-7,16-17H,8H2,1H3,(H,23,28)/t16-,17-/m1/s1. The molecule has 1 saturated heterocycles. The molecule has 2 aliphatic heterocycles. The van der Waals surface area contributed by atoms with E-state index in [0.717, 1.165) is 28.1 Å². The summed E-state index contributed by atoms with van der Waals surface area (Å²) in [6, 6.07) is 4.72. The van der Waals surface area contributed by atoms with E-state index in [2.05, 4.69) is 15.7 Å². The van der Waals surface area contributed by atoms with Crippen molar-refractivity contribution in [3.05, 3.63) is 53.1 Å². The van der Waals surface area contributed by atoms with Gasteiger partial charge in [-0.15, -0.1) is 0 Å². The summed E-state index contributed by atoms with van der Waals surface area (Å²) >= 11 is 6.09. The number of carbonyl (C=O) groups excluding carboxylic acids is 3. The molecule has 0 aromatic heterocycles. The van der Waals surface area contributed by atoms with E-state index >= 15 is 0 Å².